The number of hydrogen-bond acceptors (Lipinski definition) is 4. The SMILES string of the molecule is COc1ccc([C@@H]2CCCN2C(=O)c2cncc(Br)c2)c(OC)c1. The zero-order chi connectivity index (χ0) is 17.1. The fourth-order valence-electron chi connectivity index (χ4n) is 3.12. The van der Waals surface area contributed by atoms with E-state index in [-0.39, 0.29) is 11.9 Å². The van der Waals surface area contributed by atoms with E-state index < -0.39 is 0 Å². The molecule has 1 amide bonds. The zero-order valence-electron chi connectivity index (χ0n) is 13.7. The molecule has 0 bridgehead atoms. The molecule has 1 aromatic carbocycles. The molecule has 3 rings (SSSR count). The number of hydrogen-bond donors (Lipinski definition) is 0. The van der Waals surface area contributed by atoms with Crippen LogP contribution in [0.1, 0.15) is 34.8 Å². The number of ether oxygens (including phenoxy) is 2. The summed E-state index contributed by atoms with van der Waals surface area (Å²) in [4.78, 5) is 18.9. The van der Waals surface area contributed by atoms with Crippen molar-refractivity contribution in [3.05, 3.63) is 52.3 Å². The second kappa shape index (κ2) is 7.21. The second-order valence-corrected chi connectivity index (χ2v) is 6.57. The normalized spacial score (nSPS) is 17.0. The summed E-state index contributed by atoms with van der Waals surface area (Å²) in [6.07, 6.45) is 5.15. The molecule has 0 unspecified atom stereocenters. The van der Waals surface area contributed by atoms with Crippen LogP contribution in [0.3, 0.4) is 0 Å². The van der Waals surface area contributed by atoms with Crippen molar-refractivity contribution in [2.24, 2.45) is 0 Å². The fourth-order valence-corrected chi connectivity index (χ4v) is 3.49. The van der Waals surface area contributed by atoms with Gasteiger partial charge >= 0.3 is 0 Å². The first-order valence-electron chi connectivity index (χ1n) is 7.77. The Morgan fingerprint density at radius 3 is 2.79 bits per heavy atom. The monoisotopic (exact) mass is 390 g/mol. The number of methoxy groups -OCH3 is 2. The quantitative estimate of drug-likeness (QED) is 0.795. The van der Waals surface area contributed by atoms with Gasteiger partial charge in [0.1, 0.15) is 11.5 Å². The molecule has 2 heterocycles. The van der Waals surface area contributed by atoms with Crippen LogP contribution in [0.4, 0.5) is 0 Å². The molecule has 1 aliphatic heterocycles. The van der Waals surface area contributed by atoms with E-state index in [1.807, 2.05) is 23.1 Å². The molecule has 1 aromatic heterocycles. The van der Waals surface area contributed by atoms with Crippen LogP contribution < -0.4 is 9.47 Å². The minimum atomic E-state index is -0.0100. The van der Waals surface area contributed by atoms with Crippen molar-refractivity contribution in [2.75, 3.05) is 20.8 Å². The van der Waals surface area contributed by atoms with Crippen molar-refractivity contribution in [3.63, 3.8) is 0 Å². The van der Waals surface area contributed by atoms with E-state index in [1.165, 1.54) is 0 Å². The maximum Gasteiger partial charge on any atom is 0.255 e. The fraction of sp³-hybridized carbons (Fsp3) is 0.333. The number of carbonyl (C=O) groups excluding carboxylic acids is 1. The molecule has 5 nitrogen and oxygen atoms in total. The molecule has 1 atom stereocenters. The first-order valence-corrected chi connectivity index (χ1v) is 8.56. The molecule has 2 aromatic rings. The molecular formula is C18H19BrN2O3. The Morgan fingerprint density at radius 2 is 2.08 bits per heavy atom. The van der Waals surface area contributed by atoms with Crippen LogP contribution in [0.5, 0.6) is 11.5 Å². The third kappa shape index (κ3) is 3.24. The third-order valence-corrected chi connectivity index (χ3v) is 4.70. The van der Waals surface area contributed by atoms with Crippen molar-refractivity contribution in [1.82, 2.24) is 9.88 Å². The van der Waals surface area contributed by atoms with Crippen molar-refractivity contribution < 1.29 is 14.3 Å². The predicted octanol–water partition coefficient (Wildman–Crippen LogP) is 3.84. The van der Waals surface area contributed by atoms with Gasteiger partial charge in [0.25, 0.3) is 5.91 Å². The van der Waals surface area contributed by atoms with E-state index >= 15 is 0 Å². The van der Waals surface area contributed by atoms with Gasteiger partial charge in [-0.15, -0.1) is 0 Å². The van der Waals surface area contributed by atoms with Gasteiger partial charge in [-0.25, -0.2) is 0 Å². The summed E-state index contributed by atoms with van der Waals surface area (Å²) in [7, 11) is 3.26. The van der Waals surface area contributed by atoms with Gasteiger partial charge in [0, 0.05) is 35.0 Å². The molecule has 1 aliphatic rings. The number of nitrogens with zero attached hydrogens (tertiary/aromatic N) is 2. The van der Waals surface area contributed by atoms with Crippen LogP contribution in [-0.4, -0.2) is 36.6 Å². The Hall–Kier alpha value is -2.08. The lowest BCUT2D eigenvalue weighted by molar-refractivity contribution is 0.0733. The molecule has 24 heavy (non-hydrogen) atoms. The highest BCUT2D eigenvalue weighted by Gasteiger charge is 2.32. The average Bonchev–Trinajstić information content (AvgIpc) is 3.09. The Kier molecular flexibility index (Phi) is 5.04. The highest BCUT2D eigenvalue weighted by Crippen LogP contribution is 2.39. The van der Waals surface area contributed by atoms with E-state index in [4.69, 9.17) is 9.47 Å². The molecular weight excluding hydrogens is 372 g/mol. The van der Waals surface area contributed by atoms with Crippen molar-refractivity contribution >= 4 is 21.8 Å². The summed E-state index contributed by atoms with van der Waals surface area (Å²) in [6.45, 7) is 0.727. The van der Waals surface area contributed by atoms with Crippen LogP contribution in [0.15, 0.2) is 41.1 Å². The van der Waals surface area contributed by atoms with Crippen LogP contribution in [-0.2, 0) is 0 Å². The van der Waals surface area contributed by atoms with Gasteiger partial charge in [0.15, 0.2) is 0 Å². The Labute approximate surface area is 149 Å². The number of aromatic nitrogens is 1. The number of carbonyl (C=O) groups is 1. The first-order chi connectivity index (χ1) is 11.6. The molecule has 1 fully saturated rings. The summed E-state index contributed by atoms with van der Waals surface area (Å²) in [5.74, 6) is 1.47. The summed E-state index contributed by atoms with van der Waals surface area (Å²) >= 11 is 3.37. The number of amides is 1. The molecule has 6 heteroatoms. The second-order valence-electron chi connectivity index (χ2n) is 5.66. The van der Waals surface area contributed by atoms with Crippen molar-refractivity contribution in [2.45, 2.75) is 18.9 Å². The highest BCUT2D eigenvalue weighted by atomic mass is 79.9. The topological polar surface area (TPSA) is 51.7 Å². The van der Waals surface area contributed by atoms with Gasteiger partial charge in [0.2, 0.25) is 0 Å². The number of benzene rings is 1. The van der Waals surface area contributed by atoms with E-state index in [0.29, 0.717) is 5.56 Å². The minimum Gasteiger partial charge on any atom is -0.497 e. The van der Waals surface area contributed by atoms with E-state index in [2.05, 4.69) is 20.9 Å². The Balaban J connectivity index is 1.92. The maximum atomic E-state index is 12.9. The number of rotatable bonds is 4. The lowest BCUT2D eigenvalue weighted by Gasteiger charge is -2.26. The smallest absolute Gasteiger partial charge is 0.255 e. The van der Waals surface area contributed by atoms with Gasteiger partial charge in [-0.05, 0) is 47.0 Å². The molecule has 0 aliphatic carbocycles. The van der Waals surface area contributed by atoms with Crippen LogP contribution >= 0.6 is 15.9 Å². The van der Waals surface area contributed by atoms with E-state index in [1.54, 1.807) is 32.7 Å². The molecule has 0 spiro atoms. The van der Waals surface area contributed by atoms with Crippen molar-refractivity contribution in [3.8, 4) is 11.5 Å². The average molecular weight is 391 g/mol. The molecule has 0 radical (unpaired) electrons. The summed E-state index contributed by atoms with van der Waals surface area (Å²) in [5, 5.41) is 0. The van der Waals surface area contributed by atoms with Gasteiger partial charge in [0.05, 0.1) is 25.8 Å². The van der Waals surface area contributed by atoms with Crippen LogP contribution in [0.25, 0.3) is 0 Å². The maximum absolute atomic E-state index is 12.9. The highest BCUT2D eigenvalue weighted by molar-refractivity contribution is 9.10. The minimum absolute atomic E-state index is 0.00247. The van der Waals surface area contributed by atoms with Gasteiger partial charge in [-0.1, -0.05) is 0 Å². The largest absolute Gasteiger partial charge is 0.497 e. The molecule has 1 saturated heterocycles. The van der Waals surface area contributed by atoms with Crippen molar-refractivity contribution in [1.29, 1.82) is 0 Å². The lowest BCUT2D eigenvalue weighted by atomic mass is 10.0. The van der Waals surface area contributed by atoms with Crippen LogP contribution in [0.2, 0.25) is 0 Å². The predicted molar refractivity (Wildman–Crippen MR) is 94.5 cm³/mol. The third-order valence-electron chi connectivity index (χ3n) is 4.27. The summed E-state index contributed by atoms with van der Waals surface area (Å²) < 4.78 is 11.6. The van der Waals surface area contributed by atoms with Gasteiger partial charge < -0.3 is 14.4 Å². The lowest BCUT2D eigenvalue weighted by Crippen LogP contribution is -2.30. The molecule has 0 N–H and O–H groups in total. The van der Waals surface area contributed by atoms with Crippen LogP contribution in [0, 0.1) is 0 Å². The summed E-state index contributed by atoms with van der Waals surface area (Å²) in [5.41, 5.74) is 1.59. The standard InChI is InChI=1S/C18H19BrN2O3/c1-23-14-5-6-15(17(9-14)24-2)16-4-3-7-21(16)18(22)12-8-13(19)11-20-10-12/h5-6,8-11,16H,3-4,7H2,1-2H3/t16-/m0/s1. The Morgan fingerprint density at radius 1 is 1.25 bits per heavy atom. The van der Waals surface area contributed by atoms with E-state index in [0.717, 1.165) is 40.9 Å². The first kappa shape index (κ1) is 16.8. The molecule has 126 valence electrons. The summed E-state index contributed by atoms with van der Waals surface area (Å²) in [6, 6.07) is 7.54. The van der Waals surface area contributed by atoms with Gasteiger partial charge in [-0.2, -0.15) is 0 Å². The number of pyridine rings is 1. The molecule has 0 saturated carbocycles. The number of likely N-dealkylation sites (tertiary alicyclic amines) is 1. The van der Waals surface area contributed by atoms with Gasteiger partial charge in [-0.3, -0.25) is 9.78 Å². The number of halogens is 1. The Bertz CT molecular complexity index is 751. The van der Waals surface area contributed by atoms with E-state index in [9.17, 15) is 4.79 Å². The zero-order valence-corrected chi connectivity index (χ0v) is 15.2.